The molecule has 1 heterocycles. The molecule has 1 aromatic heterocycles. The van der Waals surface area contributed by atoms with Crippen molar-refractivity contribution < 1.29 is 13.6 Å². The summed E-state index contributed by atoms with van der Waals surface area (Å²) in [5.41, 5.74) is 2.30. The molecule has 1 aromatic rings. The molecule has 0 aliphatic heterocycles. The fraction of sp³-hybridized carbons (Fsp3) is 0.250. The molecule has 0 aliphatic carbocycles. The lowest BCUT2D eigenvalue weighted by atomic mass is 10.2. The summed E-state index contributed by atoms with van der Waals surface area (Å²) in [5.74, 6) is 4.61. The smallest absolute Gasteiger partial charge is 0.255 e. The van der Waals surface area contributed by atoms with Crippen molar-refractivity contribution in [1.82, 2.24) is 10.3 Å². The molecule has 0 bridgehead atoms. The number of rotatable bonds is 4. The first-order chi connectivity index (χ1) is 7.54. The van der Waals surface area contributed by atoms with E-state index in [1.807, 2.05) is 5.32 Å². The second kappa shape index (κ2) is 5.57. The standard InChI is InChI=1S/C8H9ClF2N4O/c9-5-1-4(2-13-7(5)15-12)8(16)14-3-6(10)11/h1-2,6H,3,12H2,(H,13,15)(H,14,16). The van der Waals surface area contributed by atoms with Crippen molar-refractivity contribution >= 4 is 23.3 Å². The minimum Gasteiger partial charge on any atom is -0.346 e. The molecule has 0 radical (unpaired) electrons. The van der Waals surface area contributed by atoms with Crippen LogP contribution in [0.5, 0.6) is 0 Å². The second-order valence-corrected chi connectivity index (χ2v) is 3.21. The summed E-state index contributed by atoms with van der Waals surface area (Å²) in [4.78, 5) is 15.0. The Kier molecular flexibility index (Phi) is 4.39. The molecule has 0 spiro atoms. The fourth-order valence-electron chi connectivity index (χ4n) is 0.940. The zero-order chi connectivity index (χ0) is 12.1. The Balaban J connectivity index is 2.73. The van der Waals surface area contributed by atoms with E-state index in [-0.39, 0.29) is 16.4 Å². The highest BCUT2D eigenvalue weighted by Crippen LogP contribution is 2.18. The summed E-state index contributed by atoms with van der Waals surface area (Å²) in [6.45, 7) is -0.715. The Labute approximate surface area is 95.0 Å². The number of nitrogens with one attached hydrogen (secondary N) is 2. The Morgan fingerprint density at radius 3 is 2.81 bits per heavy atom. The number of halogens is 3. The van der Waals surface area contributed by atoms with Crippen LogP contribution in [0.3, 0.4) is 0 Å². The monoisotopic (exact) mass is 250 g/mol. The maximum atomic E-state index is 11.8. The lowest BCUT2D eigenvalue weighted by Gasteiger charge is -2.06. The summed E-state index contributed by atoms with van der Waals surface area (Å²) in [6, 6.07) is 1.28. The number of nitrogen functional groups attached to an aromatic ring is 1. The predicted molar refractivity (Wildman–Crippen MR) is 55.4 cm³/mol. The molecule has 0 aromatic carbocycles. The van der Waals surface area contributed by atoms with Gasteiger partial charge in [0.1, 0.15) is 0 Å². The van der Waals surface area contributed by atoms with Crippen molar-refractivity contribution in [1.29, 1.82) is 0 Å². The number of hydrogen-bond acceptors (Lipinski definition) is 4. The molecule has 4 N–H and O–H groups in total. The van der Waals surface area contributed by atoms with Crippen molar-refractivity contribution in [3.05, 3.63) is 22.8 Å². The van der Waals surface area contributed by atoms with Crippen LogP contribution in [-0.2, 0) is 0 Å². The number of nitrogens with two attached hydrogens (primary N) is 1. The van der Waals surface area contributed by atoms with Crippen molar-refractivity contribution in [2.24, 2.45) is 5.84 Å². The van der Waals surface area contributed by atoms with Crippen LogP contribution in [0.25, 0.3) is 0 Å². The summed E-state index contributed by atoms with van der Waals surface area (Å²) in [7, 11) is 0. The zero-order valence-corrected chi connectivity index (χ0v) is 8.76. The average Bonchev–Trinajstić information content (AvgIpc) is 2.25. The summed E-state index contributed by atoms with van der Waals surface area (Å²) < 4.78 is 23.7. The van der Waals surface area contributed by atoms with E-state index in [9.17, 15) is 13.6 Å². The fourth-order valence-corrected chi connectivity index (χ4v) is 1.16. The lowest BCUT2D eigenvalue weighted by Crippen LogP contribution is -2.28. The third-order valence-electron chi connectivity index (χ3n) is 1.66. The van der Waals surface area contributed by atoms with Gasteiger partial charge in [-0.2, -0.15) is 0 Å². The Bertz CT molecular complexity index is 388. The quantitative estimate of drug-likeness (QED) is 0.550. The van der Waals surface area contributed by atoms with Crippen LogP contribution >= 0.6 is 11.6 Å². The van der Waals surface area contributed by atoms with Crippen LogP contribution in [0.2, 0.25) is 5.02 Å². The largest absolute Gasteiger partial charge is 0.346 e. The normalized spacial score (nSPS) is 10.3. The molecule has 0 saturated heterocycles. The molecule has 5 nitrogen and oxygen atoms in total. The molecule has 0 fully saturated rings. The van der Waals surface area contributed by atoms with E-state index in [4.69, 9.17) is 17.4 Å². The first-order valence-corrected chi connectivity index (χ1v) is 4.61. The van der Waals surface area contributed by atoms with E-state index in [2.05, 4.69) is 10.4 Å². The summed E-state index contributed by atoms with van der Waals surface area (Å²) in [5, 5.41) is 2.16. The minimum atomic E-state index is -2.60. The summed E-state index contributed by atoms with van der Waals surface area (Å²) >= 11 is 5.70. The molecular formula is C8H9ClF2N4O. The highest BCUT2D eigenvalue weighted by molar-refractivity contribution is 6.33. The van der Waals surface area contributed by atoms with Crippen molar-refractivity contribution in [2.75, 3.05) is 12.0 Å². The Hall–Kier alpha value is -1.47. The van der Waals surface area contributed by atoms with Gasteiger partial charge in [0.2, 0.25) is 0 Å². The van der Waals surface area contributed by atoms with Crippen LogP contribution in [0, 0.1) is 0 Å². The molecule has 0 atom stereocenters. The minimum absolute atomic E-state index is 0.0876. The zero-order valence-electron chi connectivity index (χ0n) is 8.01. The van der Waals surface area contributed by atoms with E-state index >= 15 is 0 Å². The molecule has 0 unspecified atom stereocenters. The molecule has 0 aliphatic rings. The number of nitrogens with zero attached hydrogens (tertiary/aromatic N) is 1. The number of hydrogen-bond donors (Lipinski definition) is 3. The van der Waals surface area contributed by atoms with Gasteiger partial charge in [-0.25, -0.2) is 19.6 Å². The van der Waals surface area contributed by atoms with Crippen molar-refractivity contribution in [2.45, 2.75) is 6.43 Å². The molecule has 16 heavy (non-hydrogen) atoms. The van der Waals surface area contributed by atoms with Gasteiger partial charge >= 0.3 is 0 Å². The molecular weight excluding hydrogens is 242 g/mol. The molecule has 8 heteroatoms. The van der Waals surface area contributed by atoms with Crippen LogP contribution in [0.4, 0.5) is 14.6 Å². The molecule has 1 rings (SSSR count). The maximum Gasteiger partial charge on any atom is 0.255 e. The number of carbonyl (C=O) groups is 1. The van der Waals surface area contributed by atoms with Gasteiger partial charge in [-0.05, 0) is 6.07 Å². The number of carbonyl (C=O) groups excluding carboxylic acids is 1. The van der Waals surface area contributed by atoms with E-state index in [1.54, 1.807) is 0 Å². The van der Waals surface area contributed by atoms with Crippen molar-refractivity contribution in [3.63, 3.8) is 0 Å². The van der Waals surface area contributed by atoms with Crippen molar-refractivity contribution in [3.8, 4) is 0 Å². The van der Waals surface area contributed by atoms with Crippen LogP contribution in [0.15, 0.2) is 12.3 Å². The molecule has 0 saturated carbocycles. The lowest BCUT2D eigenvalue weighted by molar-refractivity contribution is 0.0891. The summed E-state index contributed by atoms with van der Waals surface area (Å²) in [6.07, 6.45) is -1.42. The van der Waals surface area contributed by atoms with E-state index in [0.29, 0.717) is 0 Å². The van der Waals surface area contributed by atoms with Gasteiger partial charge in [0.05, 0.1) is 17.1 Å². The van der Waals surface area contributed by atoms with E-state index in [0.717, 1.165) is 0 Å². The second-order valence-electron chi connectivity index (χ2n) is 2.80. The van der Waals surface area contributed by atoms with Crippen LogP contribution < -0.4 is 16.6 Å². The SMILES string of the molecule is NNc1ncc(C(=O)NCC(F)F)cc1Cl. The Morgan fingerprint density at radius 1 is 1.62 bits per heavy atom. The van der Waals surface area contributed by atoms with Crippen LogP contribution in [0.1, 0.15) is 10.4 Å². The predicted octanol–water partition coefficient (Wildman–Crippen LogP) is 1.02. The third kappa shape index (κ3) is 3.28. The first kappa shape index (κ1) is 12.6. The van der Waals surface area contributed by atoms with Gasteiger partial charge in [0.25, 0.3) is 12.3 Å². The van der Waals surface area contributed by atoms with Gasteiger partial charge in [0.15, 0.2) is 5.82 Å². The van der Waals surface area contributed by atoms with Gasteiger partial charge in [-0.1, -0.05) is 11.6 Å². The highest BCUT2D eigenvalue weighted by atomic mass is 35.5. The average molecular weight is 251 g/mol. The van der Waals surface area contributed by atoms with Gasteiger partial charge in [-0.3, -0.25) is 4.79 Å². The highest BCUT2D eigenvalue weighted by Gasteiger charge is 2.11. The number of hydrazine groups is 1. The van der Waals surface area contributed by atoms with Gasteiger partial charge in [0, 0.05) is 6.20 Å². The Morgan fingerprint density at radius 2 is 2.31 bits per heavy atom. The number of anilines is 1. The van der Waals surface area contributed by atoms with Gasteiger partial charge in [-0.15, -0.1) is 0 Å². The van der Waals surface area contributed by atoms with Gasteiger partial charge < -0.3 is 10.7 Å². The van der Waals surface area contributed by atoms with E-state index < -0.39 is 18.9 Å². The molecule has 1 amide bonds. The third-order valence-corrected chi connectivity index (χ3v) is 1.95. The van der Waals surface area contributed by atoms with E-state index in [1.165, 1.54) is 12.3 Å². The number of aromatic nitrogens is 1. The molecule has 88 valence electrons. The number of amides is 1. The number of pyridine rings is 1. The first-order valence-electron chi connectivity index (χ1n) is 4.23. The van der Waals surface area contributed by atoms with Crippen LogP contribution in [-0.4, -0.2) is 23.9 Å². The topological polar surface area (TPSA) is 80.0 Å². The number of alkyl halides is 2. The maximum absolute atomic E-state index is 11.8.